The van der Waals surface area contributed by atoms with E-state index in [1.165, 1.54) is 0 Å². The summed E-state index contributed by atoms with van der Waals surface area (Å²) in [6, 6.07) is 11.7. The second-order valence-electron chi connectivity index (χ2n) is 4.16. The van der Waals surface area contributed by atoms with Gasteiger partial charge in [0, 0.05) is 11.4 Å². The molecule has 104 valence electrons. The number of thiophene rings is 1. The number of hydrogen-bond donors (Lipinski definition) is 3. The molecule has 0 aliphatic heterocycles. The number of nitrogens with two attached hydrogens (primary N) is 1. The molecule has 5 nitrogen and oxygen atoms in total. The second kappa shape index (κ2) is 6.83. The summed E-state index contributed by atoms with van der Waals surface area (Å²) in [5.74, 6) is -0.458. The van der Waals surface area contributed by atoms with E-state index in [0.717, 1.165) is 10.4 Å². The maximum absolute atomic E-state index is 12.0. The number of imide groups is 1. The van der Waals surface area contributed by atoms with Gasteiger partial charge in [-0.15, -0.1) is 11.3 Å². The molecule has 0 spiro atoms. The Labute approximate surface area is 120 Å². The van der Waals surface area contributed by atoms with Crippen LogP contribution in [0.3, 0.4) is 0 Å². The average molecular weight is 289 g/mol. The maximum atomic E-state index is 12.0. The minimum atomic E-state index is -0.853. The Morgan fingerprint density at radius 2 is 1.90 bits per heavy atom. The van der Waals surface area contributed by atoms with Crippen LogP contribution >= 0.6 is 11.3 Å². The first-order chi connectivity index (χ1) is 9.66. The highest BCUT2D eigenvalue weighted by Gasteiger charge is 2.21. The summed E-state index contributed by atoms with van der Waals surface area (Å²) in [5.41, 5.74) is 5.78. The molecule has 0 saturated heterocycles. The van der Waals surface area contributed by atoms with E-state index in [2.05, 4.69) is 10.6 Å². The van der Waals surface area contributed by atoms with Crippen LogP contribution in [0.5, 0.6) is 0 Å². The van der Waals surface area contributed by atoms with Gasteiger partial charge in [-0.25, -0.2) is 4.79 Å². The molecule has 3 amide bonds. The largest absolute Gasteiger partial charge is 0.351 e. The lowest BCUT2D eigenvalue weighted by molar-refractivity contribution is -0.122. The fourth-order valence-electron chi connectivity index (χ4n) is 1.82. The van der Waals surface area contributed by atoms with E-state index in [1.807, 2.05) is 47.8 Å². The van der Waals surface area contributed by atoms with Gasteiger partial charge in [0.05, 0.1) is 0 Å². The summed E-state index contributed by atoms with van der Waals surface area (Å²) in [4.78, 5) is 24.0. The first-order valence-corrected chi connectivity index (χ1v) is 6.96. The van der Waals surface area contributed by atoms with Crippen molar-refractivity contribution >= 4 is 23.3 Å². The zero-order chi connectivity index (χ0) is 14.4. The van der Waals surface area contributed by atoms with Crippen molar-refractivity contribution < 1.29 is 9.59 Å². The van der Waals surface area contributed by atoms with Crippen molar-refractivity contribution in [3.63, 3.8) is 0 Å². The van der Waals surface area contributed by atoms with Crippen molar-refractivity contribution in [1.29, 1.82) is 0 Å². The van der Waals surface area contributed by atoms with Gasteiger partial charge in [-0.2, -0.15) is 0 Å². The number of amides is 3. The number of benzene rings is 1. The van der Waals surface area contributed by atoms with Crippen LogP contribution in [0.15, 0.2) is 47.8 Å². The lowest BCUT2D eigenvalue weighted by atomic mass is 10.1. The first-order valence-electron chi connectivity index (χ1n) is 6.08. The van der Waals surface area contributed by atoms with Crippen molar-refractivity contribution in [2.75, 3.05) is 0 Å². The van der Waals surface area contributed by atoms with Crippen LogP contribution in [0.4, 0.5) is 4.79 Å². The van der Waals surface area contributed by atoms with Crippen molar-refractivity contribution in [2.45, 2.75) is 12.6 Å². The van der Waals surface area contributed by atoms with Crippen molar-refractivity contribution in [1.82, 2.24) is 10.6 Å². The Kier molecular flexibility index (Phi) is 4.86. The predicted octanol–water partition coefficient (Wildman–Crippen LogP) is 1.77. The smallest absolute Gasteiger partial charge is 0.318 e. The third-order valence-electron chi connectivity index (χ3n) is 2.70. The lowest BCUT2D eigenvalue weighted by Gasteiger charge is -2.17. The van der Waals surface area contributed by atoms with Crippen molar-refractivity contribution in [3.05, 3.63) is 58.3 Å². The zero-order valence-corrected chi connectivity index (χ0v) is 11.5. The van der Waals surface area contributed by atoms with Gasteiger partial charge in [-0.1, -0.05) is 36.4 Å². The molecule has 0 aliphatic carbocycles. The van der Waals surface area contributed by atoms with Gasteiger partial charge < -0.3 is 5.73 Å². The summed E-state index contributed by atoms with van der Waals surface area (Å²) in [7, 11) is 0. The van der Waals surface area contributed by atoms with E-state index in [-0.39, 0.29) is 0 Å². The van der Waals surface area contributed by atoms with E-state index >= 15 is 0 Å². The third-order valence-corrected chi connectivity index (χ3v) is 3.58. The molecule has 1 aromatic carbocycles. The Bertz CT molecular complexity index is 569. The number of urea groups is 1. The highest BCUT2D eigenvalue weighted by molar-refractivity contribution is 7.09. The Morgan fingerprint density at radius 1 is 1.15 bits per heavy atom. The summed E-state index contributed by atoms with van der Waals surface area (Å²) in [5, 5.41) is 7.22. The van der Waals surface area contributed by atoms with Crippen LogP contribution in [0.25, 0.3) is 0 Å². The monoisotopic (exact) mass is 289 g/mol. The molecule has 1 aromatic heterocycles. The fourth-order valence-corrected chi connectivity index (χ4v) is 2.47. The summed E-state index contributed by atoms with van der Waals surface area (Å²) < 4.78 is 0. The molecule has 0 aliphatic rings. The Hall–Kier alpha value is -2.18. The topological polar surface area (TPSA) is 84.2 Å². The SMILES string of the molecule is NC(=O)NC(=O)[C@@H](NCc1cccs1)c1ccccc1. The standard InChI is InChI=1S/C14H15N3O2S/c15-14(19)17-13(18)12(10-5-2-1-3-6-10)16-9-11-7-4-8-20-11/h1-8,12,16H,9H2,(H3,15,17,18,19)/t12-/m0/s1. The van der Waals surface area contributed by atoms with Crippen molar-refractivity contribution in [3.8, 4) is 0 Å². The van der Waals surface area contributed by atoms with Crippen LogP contribution in [-0.4, -0.2) is 11.9 Å². The molecule has 0 radical (unpaired) electrons. The number of carbonyl (C=O) groups is 2. The molecule has 0 fully saturated rings. The van der Waals surface area contributed by atoms with Crippen LogP contribution in [0, 0.1) is 0 Å². The molecule has 0 bridgehead atoms. The second-order valence-corrected chi connectivity index (χ2v) is 5.19. The Morgan fingerprint density at radius 3 is 2.50 bits per heavy atom. The molecular formula is C14H15N3O2S. The summed E-state index contributed by atoms with van der Waals surface area (Å²) in [6.45, 7) is 0.545. The molecule has 2 aromatic rings. The maximum Gasteiger partial charge on any atom is 0.318 e. The van der Waals surface area contributed by atoms with Crippen LogP contribution in [0.1, 0.15) is 16.5 Å². The van der Waals surface area contributed by atoms with Gasteiger partial charge in [0.15, 0.2) is 0 Å². The predicted molar refractivity (Wildman–Crippen MR) is 78.1 cm³/mol. The van der Waals surface area contributed by atoms with Crippen LogP contribution in [-0.2, 0) is 11.3 Å². The number of rotatable bonds is 5. The van der Waals surface area contributed by atoms with E-state index in [0.29, 0.717) is 6.54 Å². The highest BCUT2D eigenvalue weighted by atomic mass is 32.1. The fraction of sp³-hybridized carbons (Fsp3) is 0.143. The quantitative estimate of drug-likeness (QED) is 0.784. The molecule has 1 atom stereocenters. The molecule has 20 heavy (non-hydrogen) atoms. The van der Waals surface area contributed by atoms with E-state index in [4.69, 9.17) is 5.73 Å². The summed E-state index contributed by atoms with van der Waals surface area (Å²) >= 11 is 1.60. The molecular weight excluding hydrogens is 274 g/mol. The highest BCUT2D eigenvalue weighted by Crippen LogP contribution is 2.15. The number of primary amides is 1. The van der Waals surface area contributed by atoms with Gasteiger partial charge >= 0.3 is 6.03 Å². The summed E-state index contributed by atoms with van der Waals surface area (Å²) in [6.07, 6.45) is 0. The lowest BCUT2D eigenvalue weighted by Crippen LogP contribution is -2.42. The molecule has 2 rings (SSSR count). The minimum Gasteiger partial charge on any atom is -0.351 e. The molecule has 1 heterocycles. The third kappa shape index (κ3) is 3.91. The van der Waals surface area contributed by atoms with Gasteiger partial charge in [0.1, 0.15) is 6.04 Å². The van der Waals surface area contributed by atoms with Gasteiger partial charge in [0.2, 0.25) is 5.91 Å². The van der Waals surface area contributed by atoms with Gasteiger partial charge in [0.25, 0.3) is 0 Å². The van der Waals surface area contributed by atoms with Crippen LogP contribution in [0.2, 0.25) is 0 Å². The normalized spacial score (nSPS) is 11.8. The molecule has 0 saturated carbocycles. The minimum absolute atomic E-state index is 0.458. The van der Waals surface area contributed by atoms with E-state index in [9.17, 15) is 9.59 Å². The van der Waals surface area contributed by atoms with Crippen LogP contribution < -0.4 is 16.4 Å². The average Bonchev–Trinajstić information content (AvgIpc) is 2.92. The number of nitrogens with one attached hydrogen (secondary N) is 2. The zero-order valence-electron chi connectivity index (χ0n) is 10.7. The van der Waals surface area contributed by atoms with E-state index < -0.39 is 18.0 Å². The molecule has 6 heteroatoms. The van der Waals surface area contributed by atoms with Gasteiger partial charge in [-0.3, -0.25) is 15.4 Å². The van der Waals surface area contributed by atoms with E-state index in [1.54, 1.807) is 11.3 Å². The molecule has 4 N–H and O–H groups in total. The van der Waals surface area contributed by atoms with Gasteiger partial charge in [-0.05, 0) is 17.0 Å². The Balaban J connectivity index is 2.11. The number of hydrogen-bond acceptors (Lipinski definition) is 4. The number of carbonyl (C=O) groups excluding carboxylic acids is 2. The van der Waals surface area contributed by atoms with Crippen molar-refractivity contribution in [2.24, 2.45) is 5.73 Å². The first kappa shape index (κ1) is 14.2. The molecule has 0 unspecified atom stereocenters.